The average molecular weight is 337 g/mol. The van der Waals surface area contributed by atoms with Crippen LogP contribution in [0.3, 0.4) is 0 Å². The van der Waals surface area contributed by atoms with Crippen molar-refractivity contribution in [3.05, 3.63) is 63.4 Å². The maximum absolute atomic E-state index is 13.7. The van der Waals surface area contributed by atoms with Crippen molar-refractivity contribution in [2.75, 3.05) is 6.61 Å². The maximum Gasteiger partial charge on any atom is 0.137 e. The zero-order valence-corrected chi connectivity index (χ0v) is 12.3. The van der Waals surface area contributed by atoms with Crippen LogP contribution in [0.4, 0.5) is 4.39 Å². The smallest absolute Gasteiger partial charge is 0.137 e. The molecule has 1 aliphatic heterocycles. The molecule has 0 spiro atoms. The molecule has 1 unspecified atom stereocenters. The molecule has 0 aliphatic carbocycles. The third-order valence-electron chi connectivity index (χ3n) is 3.49. The van der Waals surface area contributed by atoms with Crippen molar-refractivity contribution in [1.82, 2.24) is 5.43 Å². The van der Waals surface area contributed by atoms with Gasteiger partial charge in [0.25, 0.3) is 0 Å². The highest BCUT2D eigenvalue weighted by molar-refractivity contribution is 9.10. The van der Waals surface area contributed by atoms with Crippen molar-refractivity contribution in [1.29, 1.82) is 0 Å². The molecule has 3 N–H and O–H groups in total. The lowest BCUT2D eigenvalue weighted by Gasteiger charge is -2.18. The van der Waals surface area contributed by atoms with Gasteiger partial charge in [-0.3, -0.25) is 5.84 Å². The summed E-state index contributed by atoms with van der Waals surface area (Å²) in [6.07, 6.45) is 0.898. The van der Waals surface area contributed by atoms with Crippen LogP contribution in [0.1, 0.15) is 22.7 Å². The largest absolute Gasteiger partial charge is 0.493 e. The van der Waals surface area contributed by atoms with E-state index in [-0.39, 0.29) is 11.9 Å². The van der Waals surface area contributed by atoms with Crippen LogP contribution in [-0.2, 0) is 6.42 Å². The maximum atomic E-state index is 13.7. The van der Waals surface area contributed by atoms with Gasteiger partial charge in [-0.15, -0.1) is 0 Å². The molecule has 0 amide bonds. The van der Waals surface area contributed by atoms with Gasteiger partial charge in [-0.2, -0.15) is 0 Å². The van der Waals surface area contributed by atoms with Gasteiger partial charge in [0.15, 0.2) is 0 Å². The lowest BCUT2D eigenvalue weighted by molar-refractivity contribution is 0.357. The Bertz CT molecular complexity index is 648. The van der Waals surface area contributed by atoms with Crippen molar-refractivity contribution in [2.24, 2.45) is 5.84 Å². The molecule has 3 nitrogen and oxygen atoms in total. The van der Waals surface area contributed by atoms with E-state index in [2.05, 4.69) is 27.4 Å². The van der Waals surface area contributed by atoms with Crippen molar-refractivity contribution < 1.29 is 9.13 Å². The highest BCUT2D eigenvalue weighted by Crippen LogP contribution is 2.31. The molecule has 0 fully saturated rings. The van der Waals surface area contributed by atoms with Crippen LogP contribution in [-0.4, -0.2) is 6.61 Å². The van der Waals surface area contributed by atoms with Gasteiger partial charge in [0.2, 0.25) is 0 Å². The standard InChI is InChI=1S/C15H14BrFN2O/c16-12-3-1-11(8-13(12)17)15(19-18)10-2-4-14-9(7-10)5-6-20-14/h1-4,7-8,15,19H,5-6,18H2. The van der Waals surface area contributed by atoms with Crippen LogP contribution in [0.5, 0.6) is 5.75 Å². The van der Waals surface area contributed by atoms with Crippen molar-refractivity contribution in [3.8, 4) is 5.75 Å². The highest BCUT2D eigenvalue weighted by Gasteiger charge is 2.18. The molecule has 1 aliphatic rings. The Hall–Kier alpha value is -1.43. The van der Waals surface area contributed by atoms with Gasteiger partial charge in [-0.1, -0.05) is 18.2 Å². The summed E-state index contributed by atoms with van der Waals surface area (Å²) in [4.78, 5) is 0. The SMILES string of the molecule is NNC(c1ccc(Br)c(F)c1)c1ccc2c(c1)CCO2. The molecule has 0 aromatic heterocycles. The molecule has 2 aromatic carbocycles. The molecule has 0 saturated heterocycles. The summed E-state index contributed by atoms with van der Waals surface area (Å²) in [5, 5.41) is 0. The fourth-order valence-electron chi connectivity index (χ4n) is 2.46. The molecular formula is C15H14BrFN2O. The number of hydrazine groups is 1. The molecule has 1 atom stereocenters. The van der Waals surface area contributed by atoms with E-state index in [1.54, 1.807) is 6.07 Å². The molecule has 0 radical (unpaired) electrons. The van der Waals surface area contributed by atoms with Gasteiger partial charge < -0.3 is 4.74 Å². The second-order valence-electron chi connectivity index (χ2n) is 4.74. The second kappa shape index (κ2) is 5.52. The van der Waals surface area contributed by atoms with E-state index in [4.69, 9.17) is 10.6 Å². The summed E-state index contributed by atoms with van der Waals surface area (Å²) >= 11 is 3.15. The Morgan fingerprint density at radius 1 is 1.20 bits per heavy atom. The number of halogens is 2. The summed E-state index contributed by atoms with van der Waals surface area (Å²) < 4.78 is 19.6. The summed E-state index contributed by atoms with van der Waals surface area (Å²) in [5.41, 5.74) is 5.70. The fourth-order valence-corrected chi connectivity index (χ4v) is 2.71. The first-order valence-electron chi connectivity index (χ1n) is 6.36. The van der Waals surface area contributed by atoms with E-state index in [1.165, 1.54) is 11.6 Å². The Labute approximate surface area is 125 Å². The average Bonchev–Trinajstić information content (AvgIpc) is 2.91. The molecule has 104 valence electrons. The van der Waals surface area contributed by atoms with Crippen molar-refractivity contribution in [3.63, 3.8) is 0 Å². The van der Waals surface area contributed by atoms with Crippen LogP contribution in [0.15, 0.2) is 40.9 Å². The zero-order valence-electron chi connectivity index (χ0n) is 10.7. The van der Waals surface area contributed by atoms with Crippen molar-refractivity contribution >= 4 is 15.9 Å². The number of fused-ring (bicyclic) bond motifs is 1. The first kappa shape index (κ1) is 13.5. The molecule has 0 bridgehead atoms. The molecule has 0 saturated carbocycles. The second-order valence-corrected chi connectivity index (χ2v) is 5.59. The number of nitrogens with two attached hydrogens (primary N) is 1. The Kier molecular flexibility index (Phi) is 3.74. The van der Waals surface area contributed by atoms with Crippen LogP contribution in [0, 0.1) is 5.82 Å². The van der Waals surface area contributed by atoms with Gasteiger partial charge in [0.05, 0.1) is 17.1 Å². The van der Waals surface area contributed by atoms with Crippen LogP contribution >= 0.6 is 15.9 Å². The van der Waals surface area contributed by atoms with E-state index in [0.717, 1.165) is 23.3 Å². The zero-order chi connectivity index (χ0) is 14.1. The highest BCUT2D eigenvalue weighted by atomic mass is 79.9. The van der Waals surface area contributed by atoms with E-state index < -0.39 is 0 Å². The van der Waals surface area contributed by atoms with E-state index in [1.807, 2.05) is 18.2 Å². The van der Waals surface area contributed by atoms with Gasteiger partial charge >= 0.3 is 0 Å². The molecule has 2 aromatic rings. The Morgan fingerprint density at radius 3 is 2.70 bits per heavy atom. The van der Waals surface area contributed by atoms with Crippen LogP contribution in [0.2, 0.25) is 0 Å². The predicted molar refractivity (Wildman–Crippen MR) is 78.9 cm³/mol. The minimum absolute atomic E-state index is 0.247. The van der Waals surface area contributed by atoms with Crippen molar-refractivity contribution in [2.45, 2.75) is 12.5 Å². The molecular weight excluding hydrogens is 323 g/mol. The molecule has 5 heteroatoms. The lowest BCUT2D eigenvalue weighted by Crippen LogP contribution is -2.29. The summed E-state index contributed by atoms with van der Waals surface area (Å²) in [5.74, 6) is 6.28. The minimum atomic E-state index is -0.299. The Balaban J connectivity index is 1.98. The number of benzene rings is 2. The van der Waals surface area contributed by atoms with Gasteiger partial charge in [0, 0.05) is 6.42 Å². The van der Waals surface area contributed by atoms with Gasteiger partial charge in [0.1, 0.15) is 11.6 Å². The third-order valence-corrected chi connectivity index (χ3v) is 4.13. The normalized spacial score (nSPS) is 14.8. The number of hydrogen-bond donors (Lipinski definition) is 2. The minimum Gasteiger partial charge on any atom is -0.493 e. The quantitative estimate of drug-likeness (QED) is 0.668. The van der Waals surface area contributed by atoms with Crippen LogP contribution in [0.25, 0.3) is 0 Å². The molecule has 1 heterocycles. The first-order valence-corrected chi connectivity index (χ1v) is 7.15. The summed E-state index contributed by atoms with van der Waals surface area (Å²) in [7, 11) is 0. The summed E-state index contributed by atoms with van der Waals surface area (Å²) in [6, 6.07) is 10.7. The number of hydrogen-bond acceptors (Lipinski definition) is 3. The topological polar surface area (TPSA) is 47.3 Å². The van der Waals surface area contributed by atoms with E-state index in [0.29, 0.717) is 11.1 Å². The molecule has 3 rings (SSSR count). The van der Waals surface area contributed by atoms with Gasteiger partial charge in [-0.25, -0.2) is 9.82 Å². The Morgan fingerprint density at radius 2 is 1.95 bits per heavy atom. The number of nitrogens with one attached hydrogen (secondary N) is 1. The fraction of sp³-hybridized carbons (Fsp3) is 0.200. The monoisotopic (exact) mass is 336 g/mol. The lowest BCUT2D eigenvalue weighted by atomic mass is 9.97. The first-order chi connectivity index (χ1) is 9.69. The van der Waals surface area contributed by atoms with E-state index >= 15 is 0 Å². The van der Waals surface area contributed by atoms with Crippen LogP contribution < -0.4 is 16.0 Å². The number of rotatable bonds is 3. The third kappa shape index (κ3) is 2.44. The van der Waals surface area contributed by atoms with Gasteiger partial charge in [-0.05, 0) is 50.8 Å². The summed E-state index contributed by atoms with van der Waals surface area (Å²) in [6.45, 7) is 0.715. The van der Waals surface area contributed by atoms with E-state index in [9.17, 15) is 4.39 Å². The predicted octanol–water partition coefficient (Wildman–Crippen LogP) is 3.08. The molecule has 20 heavy (non-hydrogen) atoms. The number of ether oxygens (including phenoxy) is 1.